The molecule has 1 aliphatic carbocycles. The van der Waals surface area contributed by atoms with Crippen molar-refractivity contribution < 1.29 is 4.79 Å². The van der Waals surface area contributed by atoms with Crippen molar-refractivity contribution in [3.63, 3.8) is 0 Å². The maximum Gasteiger partial charge on any atom is 0.191 e. The van der Waals surface area contributed by atoms with E-state index in [9.17, 15) is 4.79 Å². The largest absolute Gasteiger partial charge is 0.309 e. The van der Waals surface area contributed by atoms with Gasteiger partial charge in [-0.05, 0) is 17.5 Å². The summed E-state index contributed by atoms with van der Waals surface area (Å²) >= 11 is 13.6. The van der Waals surface area contributed by atoms with E-state index in [1.807, 2.05) is 54.1 Å². The second-order valence-corrected chi connectivity index (χ2v) is 9.46. The number of aromatic nitrogens is 3. The van der Waals surface area contributed by atoms with Gasteiger partial charge < -0.3 is 4.57 Å². The molecule has 1 aromatic heterocycles. The molecule has 1 atom stereocenters. The molecule has 4 nitrogen and oxygen atoms in total. The number of nitrogens with zero attached hydrogens (tertiary/aromatic N) is 3. The Morgan fingerprint density at radius 3 is 2.46 bits per heavy atom. The maximum atomic E-state index is 12.5. The Morgan fingerprint density at radius 2 is 1.82 bits per heavy atom. The molecule has 0 radical (unpaired) electrons. The zero-order chi connectivity index (χ0) is 19.7. The van der Waals surface area contributed by atoms with Gasteiger partial charge in [-0.25, -0.2) is 0 Å². The monoisotopic (exact) mass is 431 g/mol. The SMILES string of the molecule is Cn1c(Cc2ccccc2)nnc1SCC(=O)c1ccc([C@H]2CC2(Cl)Cl)cc1. The first-order valence-electron chi connectivity index (χ1n) is 9.00. The second-order valence-electron chi connectivity index (χ2n) is 6.97. The minimum absolute atomic E-state index is 0.0583. The molecular weight excluding hydrogens is 413 g/mol. The number of Topliss-reactive ketones (excluding diaryl/α,β-unsaturated/α-hetero) is 1. The molecule has 2 aromatic carbocycles. The molecule has 1 heterocycles. The fraction of sp³-hybridized carbons (Fsp3) is 0.286. The fourth-order valence-corrected chi connectivity index (χ4v) is 4.48. The molecule has 28 heavy (non-hydrogen) atoms. The molecule has 0 spiro atoms. The van der Waals surface area contributed by atoms with Gasteiger partial charge in [-0.15, -0.1) is 33.4 Å². The number of alkyl halides is 2. The van der Waals surface area contributed by atoms with Crippen LogP contribution in [0.1, 0.15) is 39.6 Å². The predicted molar refractivity (Wildman–Crippen MR) is 114 cm³/mol. The topological polar surface area (TPSA) is 47.8 Å². The van der Waals surface area contributed by atoms with Crippen LogP contribution in [-0.4, -0.2) is 30.6 Å². The van der Waals surface area contributed by atoms with Gasteiger partial charge in [0.1, 0.15) is 10.2 Å². The maximum absolute atomic E-state index is 12.5. The molecule has 4 rings (SSSR count). The molecule has 0 amide bonds. The lowest BCUT2D eigenvalue weighted by Gasteiger charge is -2.05. The van der Waals surface area contributed by atoms with Crippen molar-refractivity contribution in [2.45, 2.75) is 28.2 Å². The fourth-order valence-electron chi connectivity index (χ4n) is 3.09. The highest BCUT2D eigenvalue weighted by Crippen LogP contribution is 2.59. The number of ketones is 1. The number of benzene rings is 2. The van der Waals surface area contributed by atoms with Crippen molar-refractivity contribution in [3.05, 3.63) is 77.1 Å². The van der Waals surface area contributed by atoms with Crippen molar-refractivity contribution in [1.29, 1.82) is 0 Å². The van der Waals surface area contributed by atoms with E-state index in [4.69, 9.17) is 23.2 Å². The summed E-state index contributed by atoms with van der Waals surface area (Å²) in [5, 5.41) is 9.24. The van der Waals surface area contributed by atoms with E-state index >= 15 is 0 Å². The van der Waals surface area contributed by atoms with Crippen LogP contribution in [0.3, 0.4) is 0 Å². The molecule has 0 bridgehead atoms. The van der Waals surface area contributed by atoms with Gasteiger partial charge in [-0.1, -0.05) is 66.4 Å². The van der Waals surface area contributed by atoms with Crippen LogP contribution in [0.2, 0.25) is 0 Å². The number of rotatable bonds is 7. The van der Waals surface area contributed by atoms with Crippen LogP contribution in [0.25, 0.3) is 0 Å². The number of carbonyl (C=O) groups is 1. The molecule has 1 fully saturated rings. The normalized spacial score (nSPS) is 17.5. The van der Waals surface area contributed by atoms with Crippen molar-refractivity contribution in [2.24, 2.45) is 7.05 Å². The second kappa shape index (κ2) is 7.90. The van der Waals surface area contributed by atoms with Crippen LogP contribution in [0.5, 0.6) is 0 Å². The van der Waals surface area contributed by atoms with Gasteiger partial charge in [0, 0.05) is 24.9 Å². The highest BCUT2D eigenvalue weighted by Gasteiger charge is 2.52. The third-order valence-electron chi connectivity index (χ3n) is 4.92. The Kier molecular flexibility index (Phi) is 5.50. The predicted octanol–water partition coefficient (Wildman–Crippen LogP) is 5.04. The average Bonchev–Trinajstić information content (AvgIpc) is 3.21. The van der Waals surface area contributed by atoms with Gasteiger partial charge in [-0.3, -0.25) is 4.79 Å². The summed E-state index contributed by atoms with van der Waals surface area (Å²) < 4.78 is 1.30. The van der Waals surface area contributed by atoms with E-state index in [0.29, 0.717) is 17.7 Å². The highest BCUT2D eigenvalue weighted by molar-refractivity contribution is 7.99. The molecule has 3 aromatic rings. The lowest BCUT2D eigenvalue weighted by atomic mass is 10.1. The lowest BCUT2D eigenvalue weighted by molar-refractivity contribution is 0.102. The van der Waals surface area contributed by atoms with Crippen LogP contribution in [-0.2, 0) is 13.5 Å². The summed E-state index contributed by atoms with van der Waals surface area (Å²) in [5.41, 5.74) is 2.94. The van der Waals surface area contributed by atoms with Crippen LogP contribution in [0.4, 0.5) is 0 Å². The van der Waals surface area contributed by atoms with E-state index in [-0.39, 0.29) is 11.7 Å². The van der Waals surface area contributed by atoms with Crippen molar-refractivity contribution >= 4 is 40.7 Å². The zero-order valence-corrected chi connectivity index (χ0v) is 17.6. The van der Waals surface area contributed by atoms with Gasteiger partial charge >= 0.3 is 0 Å². The first-order valence-corrected chi connectivity index (χ1v) is 10.7. The number of halogens is 2. The van der Waals surface area contributed by atoms with Crippen LogP contribution in [0, 0.1) is 0 Å². The van der Waals surface area contributed by atoms with E-state index in [0.717, 1.165) is 23.0 Å². The van der Waals surface area contributed by atoms with E-state index in [1.54, 1.807) is 0 Å². The van der Waals surface area contributed by atoms with Gasteiger partial charge in [0.25, 0.3) is 0 Å². The Morgan fingerprint density at radius 1 is 1.14 bits per heavy atom. The van der Waals surface area contributed by atoms with Crippen molar-refractivity contribution in [1.82, 2.24) is 14.8 Å². The summed E-state index contributed by atoms with van der Waals surface area (Å²) in [5.74, 6) is 1.41. The Labute approximate surface area is 178 Å². The minimum Gasteiger partial charge on any atom is -0.309 e. The highest BCUT2D eigenvalue weighted by atomic mass is 35.5. The molecule has 7 heteroatoms. The van der Waals surface area contributed by atoms with E-state index < -0.39 is 4.33 Å². The summed E-state index contributed by atoms with van der Waals surface area (Å²) in [7, 11) is 1.93. The third kappa shape index (κ3) is 4.27. The first-order chi connectivity index (χ1) is 13.4. The standard InChI is InChI=1S/C21H19Cl2N3OS/c1-26-19(11-14-5-3-2-4-6-14)24-25-20(26)28-13-18(27)16-9-7-15(8-10-16)17-12-21(17,22)23/h2-10,17H,11-13H2,1H3/t17-/m1/s1. The molecule has 1 saturated carbocycles. The number of hydrogen-bond acceptors (Lipinski definition) is 4. The Bertz CT molecular complexity index is 987. The smallest absolute Gasteiger partial charge is 0.191 e. The van der Waals surface area contributed by atoms with Gasteiger partial charge in [0.2, 0.25) is 0 Å². The quantitative estimate of drug-likeness (QED) is 0.298. The van der Waals surface area contributed by atoms with Gasteiger partial charge in [0.05, 0.1) is 5.75 Å². The van der Waals surface area contributed by atoms with Crippen molar-refractivity contribution in [3.8, 4) is 0 Å². The molecule has 0 aliphatic heterocycles. The molecule has 1 aliphatic rings. The van der Waals surface area contributed by atoms with E-state index in [2.05, 4.69) is 22.3 Å². The molecule has 0 saturated heterocycles. The van der Waals surface area contributed by atoms with Crippen LogP contribution >= 0.6 is 35.0 Å². The summed E-state index contributed by atoms with van der Waals surface area (Å²) in [6, 6.07) is 17.7. The lowest BCUT2D eigenvalue weighted by Crippen LogP contribution is -2.05. The summed E-state index contributed by atoms with van der Waals surface area (Å²) in [6.07, 6.45) is 1.47. The number of carbonyl (C=O) groups excluding carboxylic acids is 1. The van der Waals surface area contributed by atoms with Crippen LogP contribution < -0.4 is 0 Å². The molecule has 0 N–H and O–H groups in total. The molecule has 144 valence electrons. The first kappa shape index (κ1) is 19.5. The zero-order valence-electron chi connectivity index (χ0n) is 15.3. The number of hydrogen-bond donors (Lipinski definition) is 0. The van der Waals surface area contributed by atoms with Crippen LogP contribution in [0.15, 0.2) is 59.8 Å². The van der Waals surface area contributed by atoms with E-state index in [1.165, 1.54) is 17.3 Å². The molecule has 0 unspecified atom stereocenters. The number of thioether (sulfide) groups is 1. The summed E-state index contributed by atoms with van der Waals surface area (Å²) in [4.78, 5) is 12.5. The average molecular weight is 432 g/mol. The summed E-state index contributed by atoms with van der Waals surface area (Å²) in [6.45, 7) is 0. The Balaban J connectivity index is 1.36. The third-order valence-corrected chi connectivity index (χ3v) is 6.78. The minimum atomic E-state index is -0.649. The van der Waals surface area contributed by atoms with Gasteiger partial charge in [0.15, 0.2) is 10.9 Å². The molecular formula is C21H19Cl2N3OS. The Hall–Kier alpha value is -1.82. The van der Waals surface area contributed by atoms with Gasteiger partial charge in [-0.2, -0.15) is 0 Å². The van der Waals surface area contributed by atoms with Crippen molar-refractivity contribution in [2.75, 3.05) is 5.75 Å².